The molecule has 1 aliphatic heterocycles. The second kappa shape index (κ2) is 6.44. The Morgan fingerprint density at radius 1 is 1.32 bits per heavy atom. The van der Waals surface area contributed by atoms with Crippen molar-refractivity contribution in [2.75, 3.05) is 0 Å². The number of aliphatic carboxylic acids is 1. The third kappa shape index (κ3) is 3.05. The van der Waals surface area contributed by atoms with E-state index in [1.54, 1.807) is 18.2 Å². The number of phenolic OH excluding ortho intramolecular Hbond substituents is 1. The second-order valence-corrected chi connectivity index (χ2v) is 11.3. The molecule has 1 heterocycles. The van der Waals surface area contributed by atoms with Crippen LogP contribution < -0.4 is 5.19 Å². The van der Waals surface area contributed by atoms with E-state index in [1.807, 2.05) is 6.55 Å². The van der Waals surface area contributed by atoms with Crippen LogP contribution in [0.15, 0.2) is 44.5 Å². The van der Waals surface area contributed by atoms with E-state index in [-0.39, 0.29) is 22.2 Å². The highest BCUT2D eigenvalue weighted by atomic mass is 35.5. The van der Waals surface area contributed by atoms with Gasteiger partial charge >= 0.3 is 5.97 Å². The van der Waals surface area contributed by atoms with Gasteiger partial charge < -0.3 is 10.2 Å². The predicted octanol–water partition coefficient (Wildman–Crippen LogP) is 3.37. The normalized spacial score (nSPS) is 22.1. The van der Waals surface area contributed by atoms with Crippen LogP contribution in [0.1, 0.15) is 12.8 Å². The van der Waals surface area contributed by atoms with Crippen molar-refractivity contribution in [3.63, 3.8) is 0 Å². The van der Waals surface area contributed by atoms with Crippen LogP contribution in [0.5, 0.6) is 5.75 Å². The zero-order valence-corrected chi connectivity index (χ0v) is 15.9. The molecule has 0 amide bonds. The van der Waals surface area contributed by atoms with Gasteiger partial charge in [-0.25, -0.2) is 4.99 Å². The molecule has 0 saturated heterocycles. The first kappa shape index (κ1) is 17.9. The van der Waals surface area contributed by atoms with Gasteiger partial charge in [-0.15, -0.1) is 0 Å². The molecule has 3 rings (SSSR count). The molecule has 130 valence electrons. The molecule has 5 nitrogen and oxygen atoms in total. The van der Waals surface area contributed by atoms with E-state index in [2.05, 4.69) is 4.99 Å². The minimum Gasteiger partial charge on any atom is -0.508 e. The third-order valence-electron chi connectivity index (χ3n) is 4.59. The Balaban J connectivity index is 2.19. The van der Waals surface area contributed by atoms with E-state index < -0.39 is 19.8 Å². The molecule has 0 bridgehead atoms. The van der Waals surface area contributed by atoms with Gasteiger partial charge in [-0.2, -0.15) is 0 Å². The van der Waals surface area contributed by atoms with Crippen molar-refractivity contribution >= 4 is 59.6 Å². The van der Waals surface area contributed by atoms with Gasteiger partial charge in [0.2, 0.25) is 5.78 Å². The molecule has 0 radical (unpaired) electrons. The van der Waals surface area contributed by atoms with E-state index in [9.17, 15) is 14.7 Å². The number of aliphatic imine (C=N–C) groups is 1. The van der Waals surface area contributed by atoms with E-state index in [0.29, 0.717) is 29.1 Å². The number of nitrogens with zero attached hydrogens (tertiary/aromatic N) is 1. The van der Waals surface area contributed by atoms with Crippen molar-refractivity contribution in [1.29, 1.82) is 0 Å². The molecular formula is C17H15Cl2NO4Si. The number of benzene rings is 1. The lowest BCUT2D eigenvalue weighted by molar-refractivity contribution is -0.137. The molecule has 0 saturated carbocycles. The number of hydrogen-bond acceptors (Lipinski definition) is 4. The Labute approximate surface area is 155 Å². The molecule has 1 aromatic carbocycles. The van der Waals surface area contributed by atoms with Gasteiger partial charge in [-0.05, 0) is 47.1 Å². The van der Waals surface area contributed by atoms with Crippen LogP contribution in [0.25, 0.3) is 0 Å². The maximum Gasteiger partial charge on any atom is 0.303 e. The number of carbonyl (C=O) groups is 2. The lowest BCUT2D eigenvalue weighted by Crippen LogP contribution is -2.52. The molecule has 1 aromatic rings. The molecule has 25 heavy (non-hydrogen) atoms. The lowest BCUT2D eigenvalue weighted by Gasteiger charge is -2.37. The van der Waals surface area contributed by atoms with Gasteiger partial charge in [0.25, 0.3) is 0 Å². The first-order chi connectivity index (χ1) is 11.7. The summed E-state index contributed by atoms with van der Waals surface area (Å²) in [5.74, 6) is -1.22. The van der Waals surface area contributed by atoms with Gasteiger partial charge in [0, 0.05) is 6.42 Å². The molecular weight excluding hydrogens is 381 g/mol. The smallest absolute Gasteiger partial charge is 0.303 e. The zero-order chi connectivity index (χ0) is 18.4. The van der Waals surface area contributed by atoms with Crippen molar-refractivity contribution in [2.24, 2.45) is 4.99 Å². The highest BCUT2D eigenvalue weighted by Gasteiger charge is 2.45. The minimum atomic E-state index is -2.58. The quantitative estimate of drug-likeness (QED) is 0.604. The summed E-state index contributed by atoms with van der Waals surface area (Å²) < 4.78 is 0. The molecule has 1 aliphatic carbocycles. The maximum atomic E-state index is 12.3. The van der Waals surface area contributed by atoms with Crippen LogP contribution >= 0.6 is 23.2 Å². The Kier molecular flexibility index (Phi) is 4.61. The molecule has 0 aromatic heterocycles. The van der Waals surface area contributed by atoms with Crippen molar-refractivity contribution in [2.45, 2.75) is 25.4 Å². The number of aromatic hydroxyl groups is 1. The molecule has 2 N–H and O–H groups in total. The minimum absolute atomic E-state index is 0.0108. The number of halogens is 2. The number of carbonyl (C=O) groups excluding carboxylic acids is 1. The Morgan fingerprint density at radius 2 is 2.04 bits per heavy atom. The first-order valence-corrected chi connectivity index (χ1v) is 11.2. The average Bonchev–Trinajstić information content (AvgIpc) is 2.53. The molecule has 0 spiro atoms. The topological polar surface area (TPSA) is 87.0 Å². The van der Waals surface area contributed by atoms with Crippen molar-refractivity contribution in [3.05, 3.63) is 39.5 Å². The first-order valence-electron chi connectivity index (χ1n) is 7.70. The summed E-state index contributed by atoms with van der Waals surface area (Å²) in [6.07, 6.45) is 1.99. The Hall–Kier alpha value is -1.89. The van der Waals surface area contributed by atoms with E-state index in [0.717, 1.165) is 5.19 Å². The Bertz CT molecular complexity index is 891. The van der Waals surface area contributed by atoms with Crippen molar-refractivity contribution in [3.8, 4) is 5.75 Å². The number of phenols is 1. The number of allylic oxidation sites excluding steroid dienone is 4. The number of rotatable bonds is 4. The molecule has 1 atom stereocenters. The number of Topliss-reactive ketones (excluding diaryl/α,β-unsaturated/α-hetero) is 1. The SMILES string of the molecule is C[Si]1(CCCC(=O)O)C2=C(Cl)C(=O)C(Cl)=CC2=Nc2ccc(O)cc21. The van der Waals surface area contributed by atoms with Gasteiger partial charge in [0.1, 0.15) is 13.8 Å². The van der Waals surface area contributed by atoms with Crippen molar-refractivity contribution < 1.29 is 19.8 Å². The van der Waals surface area contributed by atoms with Gasteiger partial charge in [-0.1, -0.05) is 29.7 Å². The van der Waals surface area contributed by atoms with Crippen LogP contribution in [0.3, 0.4) is 0 Å². The summed E-state index contributed by atoms with van der Waals surface area (Å²) in [6.45, 7) is 2.01. The lowest BCUT2D eigenvalue weighted by atomic mass is 10.1. The zero-order valence-electron chi connectivity index (χ0n) is 13.3. The highest BCUT2D eigenvalue weighted by molar-refractivity contribution is 7.03. The molecule has 2 aliphatic rings. The molecule has 8 heteroatoms. The number of ketones is 1. The highest BCUT2D eigenvalue weighted by Crippen LogP contribution is 2.39. The van der Waals surface area contributed by atoms with Gasteiger partial charge in [0.15, 0.2) is 0 Å². The number of carboxylic acid groups (broad SMARTS) is 1. The molecule has 0 fully saturated rings. The van der Waals surface area contributed by atoms with Crippen molar-refractivity contribution in [1.82, 2.24) is 0 Å². The van der Waals surface area contributed by atoms with Crippen LogP contribution in [0, 0.1) is 0 Å². The fourth-order valence-electron chi connectivity index (χ4n) is 3.38. The van der Waals surface area contributed by atoms with Gasteiger partial charge in [-0.3, -0.25) is 9.59 Å². The fraction of sp³-hybridized carbons (Fsp3) is 0.235. The van der Waals surface area contributed by atoms with E-state index in [1.165, 1.54) is 6.08 Å². The van der Waals surface area contributed by atoms with E-state index >= 15 is 0 Å². The number of fused-ring (bicyclic) bond motifs is 2. The Morgan fingerprint density at radius 3 is 2.72 bits per heavy atom. The summed E-state index contributed by atoms with van der Waals surface area (Å²) in [4.78, 5) is 27.7. The average molecular weight is 396 g/mol. The van der Waals surface area contributed by atoms with Crippen LogP contribution in [-0.2, 0) is 9.59 Å². The molecule has 1 unspecified atom stereocenters. The summed E-state index contributed by atoms with van der Waals surface area (Å²) >= 11 is 12.3. The second-order valence-electron chi connectivity index (χ2n) is 6.29. The summed E-state index contributed by atoms with van der Waals surface area (Å²) in [6, 6.07) is 5.47. The number of hydrogen-bond donors (Lipinski definition) is 2. The maximum absolute atomic E-state index is 12.3. The third-order valence-corrected chi connectivity index (χ3v) is 9.94. The predicted molar refractivity (Wildman–Crippen MR) is 100.0 cm³/mol. The van der Waals surface area contributed by atoms with Crippen LogP contribution in [0.2, 0.25) is 12.6 Å². The standard InChI is InChI=1S/C17H15Cl2NO4Si/c1-25(6-2-3-14(22)23)13-7-9(21)4-5-11(13)20-12-8-10(18)16(24)15(19)17(12)25/h4-5,7-8,21H,2-3,6H2,1H3,(H,22,23). The largest absolute Gasteiger partial charge is 0.508 e. The monoisotopic (exact) mass is 395 g/mol. The summed E-state index contributed by atoms with van der Waals surface area (Å²) in [7, 11) is -2.58. The van der Waals surface area contributed by atoms with E-state index in [4.69, 9.17) is 28.3 Å². The number of carboxylic acids is 1. The van der Waals surface area contributed by atoms with Crippen LogP contribution in [0.4, 0.5) is 5.69 Å². The fourth-order valence-corrected chi connectivity index (χ4v) is 8.59. The summed E-state index contributed by atoms with van der Waals surface area (Å²) in [5, 5.41) is 20.4. The summed E-state index contributed by atoms with van der Waals surface area (Å²) in [5.41, 5.74) is 1.25. The van der Waals surface area contributed by atoms with Gasteiger partial charge in [0.05, 0.1) is 21.5 Å². The van der Waals surface area contributed by atoms with Crippen LogP contribution in [-0.4, -0.2) is 35.8 Å².